The second-order valence-corrected chi connectivity index (χ2v) is 16.3. The van der Waals surface area contributed by atoms with Gasteiger partial charge in [-0.2, -0.15) is 0 Å². The normalized spacial score (nSPS) is 40.1. The molecule has 14 nitrogen and oxygen atoms in total. The van der Waals surface area contributed by atoms with Crippen molar-refractivity contribution >= 4 is 23.4 Å². The first-order valence-electron chi connectivity index (χ1n) is 20.2. The van der Waals surface area contributed by atoms with Gasteiger partial charge < -0.3 is 49.6 Å². The van der Waals surface area contributed by atoms with Crippen molar-refractivity contribution in [1.82, 2.24) is 4.90 Å². The van der Waals surface area contributed by atoms with Crippen LogP contribution < -0.4 is 5.73 Å². The SMILES string of the molecule is C=CCC1/C=C(\C)CCC[C@H](OC)[C@H]2O[C@@](O)(C(=O)C(=O)N3CCCC[C@H]3C(=O)O[C@H](/C(C)=C/C3CC[C@@H](O)[C@H](OC)C3)[C@H](N)[C@@H](O)CC1=O)[C@H](C)C[C@@H]2OC. The number of carbonyl (C=O) groups is 4. The summed E-state index contributed by atoms with van der Waals surface area (Å²) in [6.07, 6.45) is 4.52. The lowest BCUT2D eigenvalue weighted by atomic mass is 9.83. The van der Waals surface area contributed by atoms with Crippen LogP contribution in [0.2, 0.25) is 0 Å². The summed E-state index contributed by atoms with van der Waals surface area (Å²) in [4.78, 5) is 57.4. The molecule has 2 unspecified atom stereocenters. The number of aliphatic hydroxyl groups is 3. The summed E-state index contributed by atoms with van der Waals surface area (Å²) >= 11 is 0. The van der Waals surface area contributed by atoms with Gasteiger partial charge in [-0.1, -0.05) is 30.7 Å². The minimum atomic E-state index is -2.52. The molecule has 3 heterocycles. The molecule has 3 fully saturated rings. The van der Waals surface area contributed by atoms with Crippen LogP contribution in [0.15, 0.2) is 36.0 Å². The fourth-order valence-corrected chi connectivity index (χ4v) is 8.85. The van der Waals surface area contributed by atoms with Crippen LogP contribution in [0.3, 0.4) is 0 Å². The lowest BCUT2D eigenvalue weighted by Crippen LogP contribution is -2.64. The molecule has 14 heteroatoms. The van der Waals surface area contributed by atoms with Crippen molar-refractivity contribution in [2.24, 2.45) is 23.5 Å². The number of aliphatic hydroxyl groups excluding tert-OH is 2. The molecule has 0 spiro atoms. The highest BCUT2D eigenvalue weighted by Gasteiger charge is 2.56. The van der Waals surface area contributed by atoms with Gasteiger partial charge in [-0.15, -0.1) is 6.58 Å². The zero-order valence-electron chi connectivity index (χ0n) is 34.1. The third-order valence-electron chi connectivity index (χ3n) is 12.3. The highest BCUT2D eigenvalue weighted by Crippen LogP contribution is 2.38. The number of cyclic esters (lactones) is 1. The first-order valence-corrected chi connectivity index (χ1v) is 20.2. The maximum absolute atomic E-state index is 14.2. The number of hydrogen-bond donors (Lipinski definition) is 4. The fourth-order valence-electron chi connectivity index (χ4n) is 8.85. The third-order valence-corrected chi connectivity index (χ3v) is 12.3. The van der Waals surface area contributed by atoms with Gasteiger partial charge in [0.15, 0.2) is 0 Å². The Labute approximate surface area is 331 Å². The smallest absolute Gasteiger partial charge is 0.329 e. The first kappa shape index (κ1) is 45.9. The second kappa shape index (κ2) is 20.7. The number of rotatable bonds is 7. The van der Waals surface area contributed by atoms with Crippen molar-refractivity contribution in [1.29, 1.82) is 0 Å². The van der Waals surface area contributed by atoms with Crippen LogP contribution in [-0.2, 0) is 42.9 Å². The number of piperidine rings is 1. The first-order chi connectivity index (χ1) is 26.6. The summed E-state index contributed by atoms with van der Waals surface area (Å²) in [5.41, 5.74) is 8.17. The van der Waals surface area contributed by atoms with Crippen molar-refractivity contribution < 1.29 is 58.2 Å². The molecular formula is C42H66N2O12. The number of carbonyl (C=O) groups excluding carboxylic acids is 4. The quantitative estimate of drug-likeness (QED) is 0.167. The Morgan fingerprint density at radius 2 is 1.68 bits per heavy atom. The highest BCUT2D eigenvalue weighted by molar-refractivity contribution is 6.39. The van der Waals surface area contributed by atoms with E-state index in [1.54, 1.807) is 19.9 Å². The maximum Gasteiger partial charge on any atom is 0.329 e. The Kier molecular flexibility index (Phi) is 17.0. The van der Waals surface area contributed by atoms with E-state index in [1.807, 2.05) is 19.1 Å². The van der Waals surface area contributed by atoms with Gasteiger partial charge in [0.2, 0.25) is 5.79 Å². The minimum Gasteiger partial charge on any atom is -0.455 e. The van der Waals surface area contributed by atoms with Crippen LogP contribution in [0.4, 0.5) is 0 Å². The second-order valence-electron chi connectivity index (χ2n) is 16.3. The van der Waals surface area contributed by atoms with E-state index in [0.29, 0.717) is 63.4 Å². The standard InChI is InChI=1S/C42H66N2O12/c1-8-12-28-19-24(2)13-11-15-33(52-5)38-35(54-7)21-26(4)42(51,56-38)39(48)40(49)44-18-10-9-14-29(44)41(50)55-37(36(43)32(47)23-31(28)46)25(3)20-27-16-17-30(45)34(22-27)53-6/h8,19-20,26-30,32-38,45,47,51H,1,9-18,21-23,43H2,2-7H3/b24-19+,25-20+/t26-,27?,28?,29+,30-,32+,33+,34-,35+,36-,37-,38-,42-/m1/s1. The number of methoxy groups -OCH3 is 3. The number of hydrogen-bond acceptors (Lipinski definition) is 13. The van der Waals surface area contributed by atoms with Crippen LogP contribution in [0.5, 0.6) is 0 Å². The molecule has 3 aliphatic heterocycles. The predicted octanol–water partition coefficient (Wildman–Crippen LogP) is 3.08. The zero-order valence-corrected chi connectivity index (χ0v) is 34.1. The number of ether oxygens (including phenoxy) is 5. The lowest BCUT2D eigenvalue weighted by molar-refractivity contribution is -0.302. The van der Waals surface area contributed by atoms with Crippen LogP contribution in [-0.4, -0.2) is 132 Å². The molecule has 316 valence electrons. The van der Waals surface area contributed by atoms with Gasteiger partial charge in [0, 0.05) is 46.1 Å². The molecule has 1 aliphatic carbocycles. The molecule has 1 amide bonds. The van der Waals surface area contributed by atoms with Crippen LogP contribution in [0.1, 0.15) is 97.8 Å². The zero-order chi connectivity index (χ0) is 41.3. The highest BCUT2D eigenvalue weighted by atomic mass is 16.7. The van der Waals surface area contributed by atoms with E-state index < -0.39 is 84.0 Å². The van der Waals surface area contributed by atoms with Crippen molar-refractivity contribution in [3.8, 4) is 0 Å². The van der Waals surface area contributed by atoms with E-state index in [9.17, 15) is 34.5 Å². The van der Waals surface area contributed by atoms with Gasteiger partial charge in [-0.25, -0.2) is 4.79 Å². The number of nitrogens with two attached hydrogens (primary N) is 1. The minimum absolute atomic E-state index is 0.0577. The molecule has 13 atom stereocenters. The monoisotopic (exact) mass is 790 g/mol. The van der Waals surface area contributed by atoms with Gasteiger partial charge in [-0.05, 0) is 96.0 Å². The molecule has 0 aromatic rings. The molecule has 0 aromatic heterocycles. The van der Waals surface area contributed by atoms with Crippen molar-refractivity contribution in [3.05, 3.63) is 36.0 Å². The Balaban J connectivity index is 1.76. The lowest BCUT2D eigenvalue weighted by Gasteiger charge is -2.46. The number of ketones is 2. The van der Waals surface area contributed by atoms with E-state index >= 15 is 0 Å². The Hall–Kier alpha value is -2.82. The molecule has 4 rings (SSSR count). The summed E-state index contributed by atoms with van der Waals surface area (Å²) in [6.45, 7) is 9.15. The van der Waals surface area contributed by atoms with E-state index in [1.165, 1.54) is 21.3 Å². The largest absolute Gasteiger partial charge is 0.455 e. The molecule has 0 radical (unpaired) electrons. The van der Waals surface area contributed by atoms with E-state index in [-0.39, 0.29) is 43.6 Å². The van der Waals surface area contributed by atoms with E-state index in [2.05, 4.69) is 6.58 Å². The number of Topliss-reactive ketones (excluding diaryl/α,β-unsaturated/α-hetero) is 2. The average molecular weight is 791 g/mol. The predicted molar refractivity (Wildman–Crippen MR) is 207 cm³/mol. The number of allylic oxidation sites excluding steroid dienone is 4. The fraction of sp³-hybridized carbons (Fsp3) is 0.762. The molecule has 5 N–H and O–H groups in total. The molecule has 2 saturated heterocycles. The summed E-state index contributed by atoms with van der Waals surface area (Å²) in [6, 6.07) is -2.43. The molecule has 4 aliphatic rings. The van der Waals surface area contributed by atoms with Gasteiger partial charge in [0.25, 0.3) is 11.7 Å². The van der Waals surface area contributed by atoms with Crippen LogP contribution >= 0.6 is 0 Å². The average Bonchev–Trinajstić information content (AvgIpc) is 3.18. The molecular weight excluding hydrogens is 724 g/mol. The van der Waals surface area contributed by atoms with Gasteiger partial charge in [0.1, 0.15) is 24.0 Å². The molecule has 1 saturated carbocycles. The summed E-state index contributed by atoms with van der Waals surface area (Å²) in [5.74, 6) is -7.35. The number of amides is 1. The van der Waals surface area contributed by atoms with Gasteiger partial charge >= 0.3 is 5.97 Å². The summed E-state index contributed by atoms with van der Waals surface area (Å²) in [7, 11) is 4.56. The van der Waals surface area contributed by atoms with Crippen LogP contribution in [0, 0.1) is 17.8 Å². The topological polar surface area (TPSA) is 204 Å². The van der Waals surface area contributed by atoms with Gasteiger partial charge in [0.05, 0.1) is 36.6 Å². The van der Waals surface area contributed by atoms with Crippen molar-refractivity contribution in [2.75, 3.05) is 27.9 Å². The van der Waals surface area contributed by atoms with E-state index in [0.717, 1.165) is 10.5 Å². The number of esters is 1. The molecule has 0 aromatic carbocycles. The van der Waals surface area contributed by atoms with Crippen LogP contribution in [0.25, 0.3) is 0 Å². The Morgan fingerprint density at radius 1 is 0.982 bits per heavy atom. The Bertz CT molecular complexity index is 1450. The molecule has 56 heavy (non-hydrogen) atoms. The summed E-state index contributed by atoms with van der Waals surface area (Å²) in [5, 5.41) is 33.9. The maximum atomic E-state index is 14.2. The number of fused-ring (bicyclic) bond motifs is 3. The third kappa shape index (κ3) is 10.8. The Morgan fingerprint density at radius 3 is 2.34 bits per heavy atom. The van der Waals surface area contributed by atoms with Crippen molar-refractivity contribution in [3.63, 3.8) is 0 Å². The van der Waals surface area contributed by atoms with Crippen molar-refractivity contribution in [2.45, 2.75) is 158 Å². The summed E-state index contributed by atoms with van der Waals surface area (Å²) < 4.78 is 29.4. The molecule has 2 bridgehead atoms. The number of nitrogens with zero attached hydrogens (tertiary/aromatic N) is 1. The van der Waals surface area contributed by atoms with Gasteiger partial charge in [-0.3, -0.25) is 14.4 Å². The van der Waals surface area contributed by atoms with E-state index in [4.69, 9.17) is 29.4 Å².